The van der Waals surface area contributed by atoms with E-state index in [0.29, 0.717) is 5.41 Å². The van der Waals surface area contributed by atoms with E-state index in [1.54, 1.807) is 0 Å². The molecular formula is C8H12O6S. The molecular weight excluding hydrogens is 224 g/mol. The SMILES string of the molecule is COC(=O)/C=C/S(=O)(=O)CCC(=O)OC. The van der Waals surface area contributed by atoms with Crippen LogP contribution in [-0.2, 0) is 28.9 Å². The third-order valence-electron chi connectivity index (χ3n) is 1.43. The number of carbonyl (C=O) groups is 2. The summed E-state index contributed by atoms with van der Waals surface area (Å²) in [5, 5.41) is 0.710. The van der Waals surface area contributed by atoms with Crippen LogP contribution in [0.4, 0.5) is 0 Å². The van der Waals surface area contributed by atoms with Crippen molar-refractivity contribution in [3.05, 3.63) is 11.5 Å². The lowest BCUT2D eigenvalue weighted by Crippen LogP contribution is -2.10. The molecule has 0 amide bonds. The van der Waals surface area contributed by atoms with Crippen molar-refractivity contribution in [1.29, 1.82) is 0 Å². The molecule has 0 rings (SSSR count). The van der Waals surface area contributed by atoms with Crippen molar-refractivity contribution in [3.8, 4) is 0 Å². The van der Waals surface area contributed by atoms with Crippen LogP contribution < -0.4 is 0 Å². The maximum atomic E-state index is 11.2. The molecule has 86 valence electrons. The molecule has 0 spiro atoms. The molecule has 0 saturated heterocycles. The number of rotatable bonds is 5. The first-order valence-corrected chi connectivity index (χ1v) is 5.68. The monoisotopic (exact) mass is 236 g/mol. The minimum absolute atomic E-state index is 0.246. The first kappa shape index (κ1) is 13.6. The fourth-order valence-corrected chi connectivity index (χ4v) is 1.53. The van der Waals surface area contributed by atoms with E-state index in [4.69, 9.17) is 0 Å². The molecule has 0 aromatic rings. The van der Waals surface area contributed by atoms with E-state index in [0.717, 1.165) is 13.2 Å². The zero-order chi connectivity index (χ0) is 11.9. The molecule has 0 saturated carbocycles. The minimum atomic E-state index is -3.57. The Morgan fingerprint density at radius 2 is 1.80 bits per heavy atom. The van der Waals surface area contributed by atoms with Gasteiger partial charge >= 0.3 is 11.9 Å². The van der Waals surface area contributed by atoms with Crippen molar-refractivity contribution >= 4 is 21.8 Å². The van der Waals surface area contributed by atoms with E-state index in [1.807, 2.05) is 0 Å². The average Bonchev–Trinajstić information content (AvgIpc) is 2.22. The van der Waals surface area contributed by atoms with E-state index in [9.17, 15) is 18.0 Å². The second kappa shape index (κ2) is 6.18. The van der Waals surface area contributed by atoms with Crippen LogP contribution in [0.15, 0.2) is 11.5 Å². The van der Waals surface area contributed by atoms with Crippen LogP contribution in [0.1, 0.15) is 6.42 Å². The van der Waals surface area contributed by atoms with Crippen molar-refractivity contribution in [2.24, 2.45) is 0 Å². The molecule has 0 radical (unpaired) electrons. The van der Waals surface area contributed by atoms with Crippen molar-refractivity contribution in [3.63, 3.8) is 0 Å². The Morgan fingerprint density at radius 3 is 2.27 bits per heavy atom. The van der Waals surface area contributed by atoms with Crippen molar-refractivity contribution < 1.29 is 27.5 Å². The van der Waals surface area contributed by atoms with E-state index >= 15 is 0 Å². The summed E-state index contributed by atoms with van der Waals surface area (Å²) in [4.78, 5) is 21.2. The van der Waals surface area contributed by atoms with Crippen molar-refractivity contribution in [1.82, 2.24) is 0 Å². The van der Waals surface area contributed by atoms with Crippen LogP contribution in [0.5, 0.6) is 0 Å². The molecule has 0 aliphatic carbocycles. The van der Waals surface area contributed by atoms with Crippen LogP contribution in [0.2, 0.25) is 0 Å². The molecule has 0 heterocycles. The number of methoxy groups -OCH3 is 2. The maximum Gasteiger partial charge on any atom is 0.331 e. The van der Waals surface area contributed by atoms with Gasteiger partial charge in [-0.15, -0.1) is 0 Å². The number of ether oxygens (including phenoxy) is 2. The highest BCUT2D eigenvalue weighted by atomic mass is 32.2. The fraction of sp³-hybridized carbons (Fsp3) is 0.500. The molecule has 7 heteroatoms. The van der Waals surface area contributed by atoms with Crippen LogP contribution in [-0.4, -0.2) is 40.3 Å². The Bertz CT molecular complexity index is 353. The topological polar surface area (TPSA) is 86.7 Å². The Kier molecular flexibility index (Phi) is 5.61. The van der Waals surface area contributed by atoms with Crippen LogP contribution in [0, 0.1) is 0 Å². The van der Waals surface area contributed by atoms with Gasteiger partial charge in [0, 0.05) is 11.5 Å². The summed E-state index contributed by atoms with van der Waals surface area (Å²) in [5.74, 6) is -1.78. The Balaban J connectivity index is 4.26. The summed E-state index contributed by atoms with van der Waals surface area (Å²) in [5.41, 5.74) is 0. The van der Waals surface area contributed by atoms with Gasteiger partial charge in [0.15, 0.2) is 9.84 Å². The van der Waals surface area contributed by atoms with Crippen LogP contribution >= 0.6 is 0 Å². The molecule has 0 fully saturated rings. The zero-order valence-corrected chi connectivity index (χ0v) is 9.24. The summed E-state index contributed by atoms with van der Waals surface area (Å²) in [7, 11) is -1.28. The van der Waals surface area contributed by atoms with E-state index < -0.39 is 27.5 Å². The summed E-state index contributed by atoms with van der Waals surface area (Å²) >= 11 is 0. The first-order valence-electron chi connectivity index (χ1n) is 3.97. The van der Waals surface area contributed by atoms with E-state index in [-0.39, 0.29) is 6.42 Å². The van der Waals surface area contributed by atoms with Crippen molar-refractivity contribution in [2.45, 2.75) is 6.42 Å². The zero-order valence-electron chi connectivity index (χ0n) is 8.43. The van der Waals surface area contributed by atoms with Gasteiger partial charge in [-0.1, -0.05) is 0 Å². The number of hydrogen-bond donors (Lipinski definition) is 0. The molecule has 0 aromatic heterocycles. The largest absolute Gasteiger partial charge is 0.469 e. The minimum Gasteiger partial charge on any atom is -0.469 e. The second-order valence-corrected chi connectivity index (χ2v) is 4.53. The molecule has 0 unspecified atom stereocenters. The third kappa shape index (κ3) is 6.67. The maximum absolute atomic E-state index is 11.2. The summed E-state index contributed by atoms with van der Waals surface area (Å²) in [6.07, 6.45) is 0.539. The summed E-state index contributed by atoms with van der Waals surface area (Å²) in [6.45, 7) is 0. The molecule has 0 atom stereocenters. The summed E-state index contributed by atoms with van der Waals surface area (Å²) in [6, 6.07) is 0. The standard InChI is InChI=1S/C8H12O6S/c1-13-7(9)3-5-15(11,12)6-4-8(10)14-2/h3,5H,4,6H2,1-2H3/b5-3+. The number of carbonyl (C=O) groups excluding carboxylic acids is 2. The average molecular weight is 236 g/mol. The number of esters is 2. The van der Waals surface area contributed by atoms with Gasteiger partial charge in [0.05, 0.1) is 26.4 Å². The Morgan fingerprint density at radius 1 is 1.20 bits per heavy atom. The summed E-state index contributed by atoms with van der Waals surface area (Å²) < 4.78 is 30.8. The predicted molar refractivity (Wildman–Crippen MR) is 51.6 cm³/mol. The van der Waals surface area contributed by atoms with Gasteiger partial charge in [-0.2, -0.15) is 0 Å². The van der Waals surface area contributed by atoms with Gasteiger partial charge in [0.2, 0.25) is 0 Å². The predicted octanol–water partition coefficient (Wildman–Crippen LogP) is -0.349. The lowest BCUT2D eigenvalue weighted by molar-refractivity contribution is -0.140. The lowest BCUT2D eigenvalue weighted by Gasteiger charge is -1.97. The molecule has 0 aliphatic heterocycles. The molecule has 6 nitrogen and oxygen atoms in total. The fourth-order valence-electron chi connectivity index (χ4n) is 0.623. The van der Waals surface area contributed by atoms with Gasteiger partial charge in [0.1, 0.15) is 0 Å². The smallest absolute Gasteiger partial charge is 0.331 e. The van der Waals surface area contributed by atoms with E-state index in [1.165, 1.54) is 7.11 Å². The van der Waals surface area contributed by atoms with Gasteiger partial charge in [-0.3, -0.25) is 4.79 Å². The van der Waals surface area contributed by atoms with Gasteiger partial charge < -0.3 is 9.47 Å². The normalized spacial score (nSPS) is 11.3. The molecule has 0 aliphatic rings. The molecule has 15 heavy (non-hydrogen) atoms. The molecule has 0 bridgehead atoms. The number of sulfone groups is 1. The second-order valence-electron chi connectivity index (χ2n) is 2.52. The Labute approximate surface area is 87.8 Å². The van der Waals surface area contributed by atoms with Gasteiger partial charge in [0.25, 0.3) is 0 Å². The number of hydrogen-bond acceptors (Lipinski definition) is 6. The highest BCUT2D eigenvalue weighted by molar-refractivity contribution is 7.94. The lowest BCUT2D eigenvalue weighted by atomic mass is 10.5. The molecule has 0 N–H and O–H groups in total. The van der Waals surface area contributed by atoms with Gasteiger partial charge in [-0.25, -0.2) is 13.2 Å². The Hall–Kier alpha value is -1.37. The molecule has 0 aromatic carbocycles. The van der Waals surface area contributed by atoms with Crippen LogP contribution in [0.3, 0.4) is 0 Å². The third-order valence-corrected chi connectivity index (χ3v) is 2.75. The van der Waals surface area contributed by atoms with Crippen molar-refractivity contribution in [2.75, 3.05) is 20.0 Å². The quantitative estimate of drug-likeness (QED) is 0.479. The van der Waals surface area contributed by atoms with E-state index in [2.05, 4.69) is 9.47 Å². The highest BCUT2D eigenvalue weighted by Gasteiger charge is 2.10. The van der Waals surface area contributed by atoms with Gasteiger partial charge in [-0.05, 0) is 0 Å². The highest BCUT2D eigenvalue weighted by Crippen LogP contribution is 1.97. The first-order chi connectivity index (χ1) is 6.91. The van der Waals surface area contributed by atoms with Crippen LogP contribution in [0.25, 0.3) is 0 Å².